The first-order valence-corrected chi connectivity index (χ1v) is 30.7. The minimum Gasteiger partial charge on any atom is -0.362 e. The van der Waals surface area contributed by atoms with E-state index in [9.17, 15) is 31.7 Å². The number of nitriles is 1. The van der Waals surface area contributed by atoms with E-state index in [-0.39, 0.29) is 61.1 Å². The quantitative estimate of drug-likeness (QED) is 0.110. The predicted octanol–water partition coefficient (Wildman–Crippen LogP) is 9.01. The Labute approximate surface area is 481 Å². The maximum Gasteiger partial charge on any atom is 0.281 e. The molecule has 6 aromatic rings. The van der Waals surface area contributed by atoms with Gasteiger partial charge < -0.3 is 26.2 Å². The Balaban J connectivity index is 0.000000198. The molecule has 6 N–H and O–H groups in total. The van der Waals surface area contributed by atoms with E-state index in [1.54, 1.807) is 60.8 Å². The zero-order valence-electron chi connectivity index (χ0n) is 48.3. The van der Waals surface area contributed by atoms with Crippen LogP contribution in [-0.4, -0.2) is 82.7 Å². The monoisotopic (exact) mass is 1150 g/mol. The number of hydrogen-bond acceptors (Lipinski definition) is 18. The molecule has 4 aliphatic rings. The highest BCUT2D eigenvalue weighted by Gasteiger charge is 2.43. The van der Waals surface area contributed by atoms with Gasteiger partial charge in [-0.3, -0.25) is 19.6 Å². The second-order valence-corrected chi connectivity index (χ2v) is 28.4. The SMILES string of the molecule is CC(C)(C)c1ccc2c(n1)N1C[C@@H](CCC(c3ccc(C#N)cn3)Nc3cccc(n3)S(=O)(=O)NC2=O)CC1(C)C.CC(C)(C)c1ccc2c(n1)N1C[C@@H](CCC(c3ccc(CN)cn3)Nc3cccc(n3)S(=O)(=O)NC2=O)CC1(C)C. The van der Waals surface area contributed by atoms with Gasteiger partial charge in [-0.05, 0) is 150 Å². The largest absolute Gasteiger partial charge is 0.362 e. The van der Waals surface area contributed by atoms with E-state index < -0.39 is 31.9 Å². The van der Waals surface area contributed by atoms with Crippen molar-refractivity contribution in [1.82, 2.24) is 39.3 Å². The van der Waals surface area contributed by atoms with Crippen LogP contribution >= 0.6 is 0 Å². The third kappa shape index (κ3) is 13.0. The van der Waals surface area contributed by atoms with Crippen LogP contribution in [0.4, 0.5) is 23.3 Å². The zero-order chi connectivity index (χ0) is 59.2. The molecular weight excluding hydrogens is 1080 g/mol. The Hall–Kier alpha value is -7.61. The molecule has 0 aliphatic carbocycles. The van der Waals surface area contributed by atoms with Gasteiger partial charge in [0.1, 0.15) is 29.3 Å². The third-order valence-corrected chi connectivity index (χ3v) is 18.2. The molecule has 0 spiro atoms. The van der Waals surface area contributed by atoms with Crippen molar-refractivity contribution in [2.75, 3.05) is 33.5 Å². The highest BCUT2D eigenvalue weighted by Crippen LogP contribution is 2.43. The number of aromatic nitrogens is 6. The molecule has 0 radical (unpaired) electrons. The minimum absolute atomic E-state index is 0.206. The van der Waals surface area contributed by atoms with Gasteiger partial charge in [0.2, 0.25) is 0 Å². The molecule has 2 amide bonds. The molecule has 2 saturated heterocycles. The third-order valence-electron chi connectivity index (χ3n) is 15.7. The number of nitrogens with one attached hydrogen (secondary N) is 4. The lowest BCUT2D eigenvalue weighted by Crippen LogP contribution is -2.41. The van der Waals surface area contributed by atoms with Crippen molar-refractivity contribution >= 4 is 55.1 Å². The number of carbonyl (C=O) groups is 2. The van der Waals surface area contributed by atoms with Crippen LogP contribution in [0.2, 0.25) is 0 Å². The number of anilines is 4. The molecule has 6 aromatic heterocycles. The van der Waals surface area contributed by atoms with E-state index in [0.29, 0.717) is 60.8 Å². The van der Waals surface area contributed by atoms with Crippen LogP contribution in [0.25, 0.3) is 0 Å². The summed E-state index contributed by atoms with van der Waals surface area (Å²) in [4.78, 5) is 59.2. The topological polar surface area (TPSA) is 284 Å². The molecule has 4 atom stereocenters. The van der Waals surface area contributed by atoms with Crippen LogP contribution in [0.15, 0.2) is 107 Å². The Bertz CT molecular complexity index is 3650. The maximum atomic E-state index is 13.6. The number of rotatable bonds is 3. The molecule has 8 bridgehead atoms. The van der Waals surface area contributed by atoms with Crippen LogP contribution in [0.3, 0.4) is 0 Å². The molecule has 4 aliphatic heterocycles. The van der Waals surface area contributed by atoms with Crippen LogP contribution in [-0.2, 0) is 37.4 Å². The van der Waals surface area contributed by atoms with Gasteiger partial charge in [0.05, 0.1) is 40.2 Å². The summed E-state index contributed by atoms with van der Waals surface area (Å²) >= 11 is 0. The summed E-state index contributed by atoms with van der Waals surface area (Å²) in [5, 5.41) is 15.4. The fourth-order valence-electron chi connectivity index (χ4n) is 11.3. The average Bonchev–Trinajstić information content (AvgIpc) is 4.14. The van der Waals surface area contributed by atoms with Gasteiger partial charge in [0.25, 0.3) is 31.9 Å². The lowest BCUT2D eigenvalue weighted by atomic mass is 9.90. The van der Waals surface area contributed by atoms with Crippen LogP contribution in [0, 0.1) is 23.2 Å². The molecule has 82 heavy (non-hydrogen) atoms. The summed E-state index contributed by atoms with van der Waals surface area (Å²) in [7, 11) is -8.56. The van der Waals surface area contributed by atoms with Gasteiger partial charge in [-0.15, -0.1) is 0 Å². The summed E-state index contributed by atoms with van der Waals surface area (Å²) in [6, 6.07) is 25.3. The number of hydrogen-bond donors (Lipinski definition) is 5. The van der Waals surface area contributed by atoms with Gasteiger partial charge in [0.15, 0.2) is 10.1 Å². The average molecular weight is 1150 g/mol. The number of amides is 2. The van der Waals surface area contributed by atoms with Crippen molar-refractivity contribution in [3.8, 4) is 6.07 Å². The Morgan fingerprint density at radius 1 is 0.598 bits per heavy atom. The maximum absolute atomic E-state index is 13.6. The molecule has 0 saturated carbocycles. The lowest BCUT2D eigenvalue weighted by Gasteiger charge is -2.34. The van der Waals surface area contributed by atoms with Gasteiger partial charge in [-0.2, -0.15) is 22.1 Å². The highest BCUT2D eigenvalue weighted by molar-refractivity contribution is 7.90. The first kappa shape index (κ1) is 59.0. The van der Waals surface area contributed by atoms with Crippen molar-refractivity contribution < 1.29 is 26.4 Å². The van der Waals surface area contributed by atoms with E-state index in [4.69, 9.17) is 15.7 Å². The first-order chi connectivity index (χ1) is 38.5. The molecular formula is C60H74N14O6S2. The van der Waals surface area contributed by atoms with Gasteiger partial charge in [0, 0.05) is 65.3 Å². The van der Waals surface area contributed by atoms with Crippen molar-refractivity contribution in [3.63, 3.8) is 0 Å². The number of sulfonamides is 2. The van der Waals surface area contributed by atoms with E-state index in [1.807, 2.05) is 18.2 Å². The molecule has 20 nitrogen and oxygen atoms in total. The standard InChI is InChI=1S/C30H39N7O3S.C30H35N7O3S/c2*1-29(2,3)24-14-11-21-27(34-24)37-18-19(15-30(37,4)5)9-13-23(22-12-10-20(16-31)17-32-22)33-25-7-6-8-26(35-25)41(39,40)36-28(21)38/h6-8,10-12,14,17,19,23H,9,13,15-16,18,31H2,1-5H3,(H,33,35)(H,36,38);6-8,10-12,14,17,19,23H,9,13,15,18H2,1-5H3,(H,33,35)(H,36,38)/t2*19-,23?/m00/s1. The molecule has 2 fully saturated rings. The Kier molecular flexibility index (Phi) is 16.3. The summed E-state index contributed by atoms with van der Waals surface area (Å²) in [6.45, 7) is 22.7. The van der Waals surface area contributed by atoms with Crippen LogP contribution in [0.5, 0.6) is 0 Å². The second kappa shape index (κ2) is 22.6. The molecule has 10 heterocycles. The summed E-state index contributed by atoms with van der Waals surface area (Å²) in [5.74, 6) is 0.845. The minimum atomic E-state index is -4.29. The number of carbonyl (C=O) groups excluding carboxylic acids is 2. The van der Waals surface area contributed by atoms with Crippen molar-refractivity contribution in [2.24, 2.45) is 17.6 Å². The fourth-order valence-corrected chi connectivity index (χ4v) is 13.2. The number of fused-ring (bicyclic) bond motifs is 12. The number of nitrogens with two attached hydrogens (primary N) is 1. The normalized spacial score (nSPS) is 22.0. The van der Waals surface area contributed by atoms with E-state index in [1.165, 1.54) is 18.3 Å². The van der Waals surface area contributed by atoms with E-state index in [0.717, 1.165) is 60.4 Å². The van der Waals surface area contributed by atoms with Gasteiger partial charge in [-0.25, -0.2) is 29.4 Å². The van der Waals surface area contributed by atoms with E-state index >= 15 is 0 Å². The smallest absolute Gasteiger partial charge is 0.281 e. The highest BCUT2D eigenvalue weighted by atomic mass is 32.2. The predicted molar refractivity (Wildman–Crippen MR) is 315 cm³/mol. The molecule has 0 aromatic carbocycles. The zero-order valence-corrected chi connectivity index (χ0v) is 49.9. The lowest BCUT2D eigenvalue weighted by molar-refractivity contribution is 0.0972. The van der Waals surface area contributed by atoms with Gasteiger partial charge in [-0.1, -0.05) is 59.7 Å². The van der Waals surface area contributed by atoms with Crippen molar-refractivity contribution in [2.45, 2.75) is 158 Å². The molecule has 432 valence electrons. The molecule has 10 rings (SSSR count). The summed E-state index contributed by atoms with van der Waals surface area (Å²) in [6.07, 6.45) is 8.25. The number of pyridine rings is 6. The summed E-state index contributed by atoms with van der Waals surface area (Å²) < 4.78 is 57.9. The first-order valence-electron chi connectivity index (χ1n) is 27.7. The summed E-state index contributed by atoms with van der Waals surface area (Å²) in [5.41, 5.74) is 9.66. The molecule has 2 unspecified atom stereocenters. The number of nitrogens with zero attached hydrogens (tertiary/aromatic N) is 9. The van der Waals surface area contributed by atoms with Crippen molar-refractivity contribution in [1.29, 1.82) is 5.26 Å². The Morgan fingerprint density at radius 2 is 1.04 bits per heavy atom. The Morgan fingerprint density at radius 3 is 1.41 bits per heavy atom. The van der Waals surface area contributed by atoms with Gasteiger partial charge >= 0.3 is 0 Å². The molecule has 22 heteroatoms. The second-order valence-electron chi connectivity index (χ2n) is 25.1. The van der Waals surface area contributed by atoms with E-state index in [2.05, 4.69) is 125 Å². The van der Waals surface area contributed by atoms with Crippen molar-refractivity contribution in [3.05, 3.63) is 142 Å². The fraction of sp³-hybridized carbons (Fsp3) is 0.450. The van der Waals surface area contributed by atoms with Crippen LogP contribution in [0.1, 0.15) is 174 Å². The van der Waals surface area contributed by atoms with Crippen LogP contribution < -0.4 is 35.6 Å².